The van der Waals surface area contributed by atoms with E-state index in [4.69, 9.17) is 0 Å². The van der Waals surface area contributed by atoms with Gasteiger partial charge in [-0.1, -0.05) is 53.4 Å². The highest BCUT2D eigenvalue weighted by molar-refractivity contribution is 4.68. The third kappa shape index (κ3) is 8.29. The van der Waals surface area contributed by atoms with Gasteiger partial charge in [-0.15, -0.1) is 0 Å². The van der Waals surface area contributed by atoms with Crippen molar-refractivity contribution in [2.75, 3.05) is 0 Å². The molecule has 0 unspecified atom stereocenters. The first kappa shape index (κ1) is 13.0. The zero-order chi connectivity index (χ0) is 10.1. The van der Waals surface area contributed by atoms with Gasteiger partial charge in [0.2, 0.25) is 0 Å². The molecular weight excluding hydrogens is 158 g/mol. The summed E-state index contributed by atoms with van der Waals surface area (Å²) in [5.74, 6) is 0. The topological polar surface area (TPSA) is 12.0 Å². The Balaban J connectivity index is 3.60. The molecule has 0 atom stereocenters. The van der Waals surface area contributed by atoms with Gasteiger partial charge in [0.1, 0.15) is 0 Å². The highest BCUT2D eigenvalue weighted by atomic mass is 14.9. The van der Waals surface area contributed by atoms with Crippen molar-refractivity contribution in [2.45, 2.75) is 78.3 Å². The van der Waals surface area contributed by atoms with E-state index in [0.29, 0.717) is 6.04 Å². The van der Waals surface area contributed by atoms with Gasteiger partial charge in [0.25, 0.3) is 0 Å². The first-order chi connectivity index (χ1) is 6.20. The van der Waals surface area contributed by atoms with E-state index in [1.165, 1.54) is 38.5 Å². The summed E-state index contributed by atoms with van der Waals surface area (Å²) in [6.07, 6.45) is 8.09. The van der Waals surface area contributed by atoms with Crippen LogP contribution in [0.1, 0.15) is 66.2 Å². The molecule has 1 N–H and O–H groups in total. The predicted octanol–water partition coefficient (Wildman–Crippen LogP) is 3.73. The van der Waals surface area contributed by atoms with Crippen molar-refractivity contribution in [1.29, 1.82) is 0 Å². The Morgan fingerprint density at radius 3 is 1.69 bits per heavy atom. The highest BCUT2D eigenvalue weighted by Gasteiger charge is 2.07. The second kappa shape index (κ2) is 8.55. The Kier molecular flexibility index (Phi) is 8.53. The van der Waals surface area contributed by atoms with Crippen LogP contribution >= 0.6 is 0 Å². The van der Waals surface area contributed by atoms with Crippen molar-refractivity contribution in [3.05, 3.63) is 0 Å². The molecule has 0 spiro atoms. The number of unbranched alkanes of at least 4 members (excludes halogenated alkanes) is 2. The van der Waals surface area contributed by atoms with Crippen molar-refractivity contribution < 1.29 is 0 Å². The smallest absolute Gasteiger partial charge is 0.00694 e. The molecule has 0 aromatic rings. The van der Waals surface area contributed by atoms with E-state index in [-0.39, 0.29) is 0 Å². The van der Waals surface area contributed by atoms with Gasteiger partial charge < -0.3 is 5.32 Å². The van der Waals surface area contributed by atoms with E-state index in [1.54, 1.807) is 0 Å². The minimum absolute atomic E-state index is 0.638. The molecule has 0 fully saturated rings. The standard InChI is InChI=1S/C12H27N/c1-5-7-9-12(10-8-6-2)13-11(3)4/h11-13H,5-10H2,1-4H3. The Morgan fingerprint density at radius 2 is 1.38 bits per heavy atom. The number of rotatable bonds is 8. The molecule has 0 bridgehead atoms. The van der Waals surface area contributed by atoms with Gasteiger partial charge in [-0.25, -0.2) is 0 Å². The number of hydrogen-bond acceptors (Lipinski definition) is 1. The van der Waals surface area contributed by atoms with E-state index in [1.807, 2.05) is 0 Å². The fourth-order valence-corrected chi connectivity index (χ4v) is 1.68. The van der Waals surface area contributed by atoms with E-state index >= 15 is 0 Å². The molecule has 0 aliphatic rings. The van der Waals surface area contributed by atoms with Crippen LogP contribution in [0.25, 0.3) is 0 Å². The van der Waals surface area contributed by atoms with Crippen LogP contribution in [0.15, 0.2) is 0 Å². The van der Waals surface area contributed by atoms with Crippen LogP contribution in [0.5, 0.6) is 0 Å². The minimum atomic E-state index is 0.638. The molecule has 0 saturated heterocycles. The zero-order valence-electron chi connectivity index (χ0n) is 9.90. The van der Waals surface area contributed by atoms with Crippen molar-refractivity contribution in [3.8, 4) is 0 Å². The molecule has 0 heterocycles. The van der Waals surface area contributed by atoms with Gasteiger partial charge in [0.15, 0.2) is 0 Å². The molecule has 0 rings (SSSR count). The third-order valence-corrected chi connectivity index (χ3v) is 2.38. The van der Waals surface area contributed by atoms with Gasteiger partial charge in [0, 0.05) is 12.1 Å². The van der Waals surface area contributed by atoms with Crippen molar-refractivity contribution in [2.24, 2.45) is 0 Å². The van der Waals surface area contributed by atoms with Crippen LogP contribution in [0, 0.1) is 0 Å². The molecule has 0 aliphatic heterocycles. The van der Waals surface area contributed by atoms with Gasteiger partial charge in [0.05, 0.1) is 0 Å². The Bertz CT molecular complexity index is 91.3. The maximum absolute atomic E-state index is 3.65. The first-order valence-electron chi connectivity index (χ1n) is 5.96. The molecule has 80 valence electrons. The molecule has 1 nitrogen and oxygen atoms in total. The first-order valence-corrected chi connectivity index (χ1v) is 5.96. The van der Waals surface area contributed by atoms with E-state index in [0.717, 1.165) is 6.04 Å². The summed E-state index contributed by atoms with van der Waals surface area (Å²) in [6, 6.07) is 1.40. The third-order valence-electron chi connectivity index (χ3n) is 2.38. The summed E-state index contributed by atoms with van der Waals surface area (Å²) in [4.78, 5) is 0. The Hall–Kier alpha value is -0.0400. The number of nitrogens with one attached hydrogen (secondary N) is 1. The minimum Gasteiger partial charge on any atom is -0.312 e. The van der Waals surface area contributed by atoms with Crippen LogP contribution in [-0.4, -0.2) is 12.1 Å². The summed E-state index contributed by atoms with van der Waals surface area (Å²) in [5.41, 5.74) is 0. The van der Waals surface area contributed by atoms with Gasteiger partial charge in [-0.2, -0.15) is 0 Å². The summed E-state index contributed by atoms with van der Waals surface area (Å²) >= 11 is 0. The second-order valence-corrected chi connectivity index (χ2v) is 4.30. The van der Waals surface area contributed by atoms with Gasteiger partial charge >= 0.3 is 0 Å². The molecular formula is C12H27N. The number of hydrogen-bond donors (Lipinski definition) is 1. The molecule has 1 heteroatoms. The average molecular weight is 185 g/mol. The summed E-state index contributed by atoms with van der Waals surface area (Å²) in [7, 11) is 0. The molecule has 0 aromatic heterocycles. The van der Waals surface area contributed by atoms with E-state index < -0.39 is 0 Å². The molecule has 0 amide bonds. The van der Waals surface area contributed by atoms with Crippen LogP contribution in [0.2, 0.25) is 0 Å². The Labute approximate surface area is 84.3 Å². The van der Waals surface area contributed by atoms with E-state index in [9.17, 15) is 0 Å². The largest absolute Gasteiger partial charge is 0.312 e. The maximum Gasteiger partial charge on any atom is 0.00694 e. The Morgan fingerprint density at radius 1 is 0.923 bits per heavy atom. The zero-order valence-corrected chi connectivity index (χ0v) is 9.90. The quantitative estimate of drug-likeness (QED) is 0.607. The lowest BCUT2D eigenvalue weighted by molar-refractivity contribution is 0.396. The van der Waals surface area contributed by atoms with Crippen LogP contribution in [0.4, 0.5) is 0 Å². The summed E-state index contributed by atoms with van der Waals surface area (Å²) in [6.45, 7) is 9.02. The molecule has 0 radical (unpaired) electrons. The summed E-state index contributed by atoms with van der Waals surface area (Å²) in [5, 5.41) is 3.65. The maximum atomic E-state index is 3.65. The summed E-state index contributed by atoms with van der Waals surface area (Å²) < 4.78 is 0. The van der Waals surface area contributed by atoms with Crippen molar-refractivity contribution in [1.82, 2.24) is 5.32 Å². The fourth-order valence-electron chi connectivity index (χ4n) is 1.68. The molecule has 13 heavy (non-hydrogen) atoms. The van der Waals surface area contributed by atoms with Crippen LogP contribution in [-0.2, 0) is 0 Å². The molecule has 0 saturated carbocycles. The highest BCUT2D eigenvalue weighted by Crippen LogP contribution is 2.09. The van der Waals surface area contributed by atoms with Crippen LogP contribution < -0.4 is 5.32 Å². The lowest BCUT2D eigenvalue weighted by atomic mass is 10.0. The second-order valence-electron chi connectivity index (χ2n) is 4.30. The normalized spacial score (nSPS) is 11.5. The van der Waals surface area contributed by atoms with Crippen molar-refractivity contribution in [3.63, 3.8) is 0 Å². The predicted molar refractivity (Wildman–Crippen MR) is 61.1 cm³/mol. The lowest BCUT2D eigenvalue weighted by Gasteiger charge is -2.20. The lowest BCUT2D eigenvalue weighted by Crippen LogP contribution is -2.34. The molecule has 0 aliphatic carbocycles. The van der Waals surface area contributed by atoms with Gasteiger partial charge in [-0.05, 0) is 12.8 Å². The molecule has 0 aromatic carbocycles. The fraction of sp³-hybridized carbons (Fsp3) is 1.00. The van der Waals surface area contributed by atoms with E-state index in [2.05, 4.69) is 33.0 Å². The SMILES string of the molecule is CCCCC(CCCC)NC(C)C. The monoisotopic (exact) mass is 185 g/mol. The average Bonchev–Trinajstić information content (AvgIpc) is 2.09. The van der Waals surface area contributed by atoms with Crippen molar-refractivity contribution >= 4 is 0 Å². The van der Waals surface area contributed by atoms with Crippen LogP contribution in [0.3, 0.4) is 0 Å². The van der Waals surface area contributed by atoms with Gasteiger partial charge in [-0.3, -0.25) is 0 Å².